The fourth-order valence-corrected chi connectivity index (χ4v) is 3.51. The van der Waals surface area contributed by atoms with Crippen LogP contribution in [0.5, 0.6) is 0 Å². The fourth-order valence-electron chi connectivity index (χ4n) is 2.57. The molecule has 1 amide bonds. The summed E-state index contributed by atoms with van der Waals surface area (Å²) in [5.74, 6) is 0.869. The van der Waals surface area contributed by atoms with Gasteiger partial charge in [0, 0.05) is 19.2 Å². The predicted molar refractivity (Wildman–Crippen MR) is 105 cm³/mol. The van der Waals surface area contributed by atoms with Gasteiger partial charge in [-0.15, -0.1) is 10.2 Å². The zero-order chi connectivity index (χ0) is 18.4. The Balaban J connectivity index is 1.68. The van der Waals surface area contributed by atoms with Crippen LogP contribution in [-0.4, -0.2) is 25.9 Å². The molecule has 0 spiro atoms. The lowest BCUT2D eigenvalue weighted by molar-refractivity contribution is -0.115. The van der Waals surface area contributed by atoms with Gasteiger partial charge in [0.05, 0.1) is 5.25 Å². The second-order valence-corrected chi connectivity index (χ2v) is 7.16. The maximum absolute atomic E-state index is 12.6. The van der Waals surface area contributed by atoms with Crippen LogP contribution < -0.4 is 5.32 Å². The van der Waals surface area contributed by atoms with Crippen LogP contribution in [0.1, 0.15) is 24.7 Å². The highest BCUT2D eigenvalue weighted by Crippen LogP contribution is 2.25. The highest BCUT2D eigenvalue weighted by atomic mass is 32.2. The van der Waals surface area contributed by atoms with Crippen molar-refractivity contribution < 1.29 is 4.79 Å². The summed E-state index contributed by atoms with van der Waals surface area (Å²) in [6.45, 7) is 2.00. The Morgan fingerprint density at radius 3 is 2.38 bits per heavy atom. The van der Waals surface area contributed by atoms with Crippen LogP contribution in [0.15, 0.2) is 65.8 Å². The number of hydrogen-bond donors (Lipinski definition) is 1. The number of thioether (sulfide) groups is 1. The molecule has 6 heteroatoms. The molecule has 134 valence electrons. The quantitative estimate of drug-likeness (QED) is 0.644. The number of carbonyl (C=O) groups is 1. The van der Waals surface area contributed by atoms with E-state index in [4.69, 9.17) is 0 Å². The number of amides is 1. The van der Waals surface area contributed by atoms with Crippen LogP contribution in [0, 0.1) is 0 Å². The number of carbonyl (C=O) groups excluding carboxylic acids is 1. The molecule has 0 aliphatic rings. The van der Waals surface area contributed by atoms with E-state index >= 15 is 0 Å². The Kier molecular flexibility index (Phi) is 6.07. The topological polar surface area (TPSA) is 59.8 Å². The largest absolute Gasteiger partial charge is 0.325 e. The van der Waals surface area contributed by atoms with Crippen LogP contribution in [-0.2, 0) is 18.3 Å². The van der Waals surface area contributed by atoms with Crippen molar-refractivity contribution in [1.82, 2.24) is 14.8 Å². The first-order valence-corrected chi connectivity index (χ1v) is 9.50. The van der Waals surface area contributed by atoms with E-state index < -0.39 is 0 Å². The number of rotatable bonds is 7. The smallest absolute Gasteiger partial charge is 0.237 e. The lowest BCUT2D eigenvalue weighted by atomic mass is 10.1. The van der Waals surface area contributed by atoms with Crippen molar-refractivity contribution in [2.24, 2.45) is 7.05 Å². The summed E-state index contributed by atoms with van der Waals surface area (Å²) in [6, 6.07) is 19.7. The third kappa shape index (κ3) is 4.52. The molecule has 0 aliphatic heterocycles. The Hall–Kier alpha value is -2.60. The standard InChI is InChI=1S/C20H22N4OS/c1-3-17(19(25)21-16-12-8-5-9-13-16)26-20-23-22-18(24(20)2)14-15-10-6-4-7-11-15/h4-13,17H,3,14H2,1-2H3,(H,21,25). The van der Waals surface area contributed by atoms with Gasteiger partial charge in [-0.2, -0.15) is 0 Å². The van der Waals surface area contributed by atoms with Crippen molar-refractivity contribution >= 4 is 23.4 Å². The molecule has 1 aromatic heterocycles. The number of anilines is 1. The molecule has 1 N–H and O–H groups in total. The molecule has 1 atom stereocenters. The van der Waals surface area contributed by atoms with E-state index in [2.05, 4.69) is 27.6 Å². The van der Waals surface area contributed by atoms with Gasteiger partial charge >= 0.3 is 0 Å². The molecule has 0 bridgehead atoms. The summed E-state index contributed by atoms with van der Waals surface area (Å²) in [6.07, 6.45) is 1.43. The number of para-hydroxylation sites is 1. The van der Waals surface area contributed by atoms with Gasteiger partial charge < -0.3 is 9.88 Å². The summed E-state index contributed by atoms with van der Waals surface area (Å²) >= 11 is 1.45. The van der Waals surface area contributed by atoms with E-state index in [0.29, 0.717) is 6.42 Å². The van der Waals surface area contributed by atoms with Gasteiger partial charge in [-0.25, -0.2) is 0 Å². The van der Waals surface area contributed by atoms with Gasteiger partial charge in [-0.3, -0.25) is 4.79 Å². The minimum Gasteiger partial charge on any atom is -0.325 e. The van der Waals surface area contributed by atoms with Gasteiger partial charge in [-0.1, -0.05) is 67.2 Å². The van der Waals surface area contributed by atoms with E-state index in [1.165, 1.54) is 17.3 Å². The van der Waals surface area contributed by atoms with E-state index in [-0.39, 0.29) is 11.2 Å². The highest BCUT2D eigenvalue weighted by molar-refractivity contribution is 8.00. The summed E-state index contributed by atoms with van der Waals surface area (Å²) < 4.78 is 1.97. The number of benzene rings is 2. The summed E-state index contributed by atoms with van der Waals surface area (Å²) in [5, 5.41) is 12.1. The van der Waals surface area contributed by atoms with E-state index in [1.54, 1.807) is 0 Å². The first kappa shape index (κ1) is 18.2. The van der Waals surface area contributed by atoms with Crippen LogP contribution in [0.4, 0.5) is 5.69 Å². The van der Waals surface area contributed by atoms with Crippen molar-refractivity contribution in [3.63, 3.8) is 0 Å². The average Bonchev–Trinajstić information content (AvgIpc) is 3.01. The molecular weight excluding hydrogens is 344 g/mol. The molecule has 0 radical (unpaired) electrons. The molecule has 0 aliphatic carbocycles. The van der Waals surface area contributed by atoms with Gasteiger partial charge in [0.25, 0.3) is 0 Å². The molecule has 5 nitrogen and oxygen atoms in total. The summed E-state index contributed by atoms with van der Waals surface area (Å²) in [4.78, 5) is 12.6. The van der Waals surface area contributed by atoms with Gasteiger partial charge in [0.2, 0.25) is 5.91 Å². The number of aromatic nitrogens is 3. The van der Waals surface area contributed by atoms with Gasteiger partial charge in [-0.05, 0) is 24.1 Å². The molecule has 0 saturated heterocycles. The number of hydrogen-bond acceptors (Lipinski definition) is 4. The molecule has 1 unspecified atom stereocenters. The summed E-state index contributed by atoms with van der Waals surface area (Å²) in [5.41, 5.74) is 1.99. The third-order valence-electron chi connectivity index (χ3n) is 4.08. The normalized spacial score (nSPS) is 11.9. The molecular formula is C20H22N4OS. The molecule has 2 aromatic carbocycles. The van der Waals surface area contributed by atoms with E-state index in [0.717, 1.165) is 23.1 Å². The SMILES string of the molecule is CCC(Sc1nnc(Cc2ccccc2)n1C)C(=O)Nc1ccccc1. The molecule has 26 heavy (non-hydrogen) atoms. The molecule has 3 aromatic rings. The second-order valence-electron chi connectivity index (χ2n) is 5.99. The second kappa shape index (κ2) is 8.67. The Morgan fingerprint density at radius 2 is 1.73 bits per heavy atom. The minimum absolute atomic E-state index is 0.0173. The third-order valence-corrected chi connectivity index (χ3v) is 5.48. The minimum atomic E-state index is -0.220. The molecule has 0 fully saturated rings. The highest BCUT2D eigenvalue weighted by Gasteiger charge is 2.21. The molecule has 1 heterocycles. The maximum Gasteiger partial charge on any atom is 0.237 e. The monoisotopic (exact) mass is 366 g/mol. The van der Waals surface area contributed by atoms with Crippen LogP contribution in [0.2, 0.25) is 0 Å². The zero-order valence-corrected chi connectivity index (χ0v) is 15.7. The van der Waals surface area contributed by atoms with Gasteiger partial charge in [0.15, 0.2) is 5.16 Å². The maximum atomic E-state index is 12.6. The van der Waals surface area contributed by atoms with Crippen molar-refractivity contribution in [1.29, 1.82) is 0 Å². The van der Waals surface area contributed by atoms with E-state index in [1.807, 2.05) is 67.1 Å². The zero-order valence-electron chi connectivity index (χ0n) is 14.9. The Bertz CT molecular complexity index is 849. The van der Waals surface area contributed by atoms with Crippen molar-refractivity contribution in [3.05, 3.63) is 72.1 Å². The lowest BCUT2D eigenvalue weighted by Crippen LogP contribution is -2.25. The van der Waals surface area contributed by atoms with Crippen LogP contribution in [0.3, 0.4) is 0 Å². The first-order valence-electron chi connectivity index (χ1n) is 8.62. The van der Waals surface area contributed by atoms with Crippen LogP contribution >= 0.6 is 11.8 Å². The van der Waals surface area contributed by atoms with Crippen molar-refractivity contribution in [2.45, 2.75) is 30.2 Å². The lowest BCUT2D eigenvalue weighted by Gasteiger charge is -2.14. The first-order chi connectivity index (χ1) is 12.7. The van der Waals surface area contributed by atoms with Crippen LogP contribution in [0.25, 0.3) is 0 Å². The van der Waals surface area contributed by atoms with Gasteiger partial charge in [0.1, 0.15) is 5.82 Å². The van der Waals surface area contributed by atoms with Crippen molar-refractivity contribution in [2.75, 3.05) is 5.32 Å². The predicted octanol–water partition coefficient (Wildman–Crippen LogP) is 3.92. The Morgan fingerprint density at radius 1 is 1.08 bits per heavy atom. The average molecular weight is 366 g/mol. The fraction of sp³-hybridized carbons (Fsp3) is 0.250. The molecule has 0 saturated carbocycles. The Labute approximate surface area is 157 Å². The molecule has 3 rings (SSSR count). The number of nitrogens with one attached hydrogen (secondary N) is 1. The summed E-state index contributed by atoms with van der Waals surface area (Å²) in [7, 11) is 1.95. The van der Waals surface area contributed by atoms with E-state index in [9.17, 15) is 4.79 Å². The van der Waals surface area contributed by atoms with Crippen molar-refractivity contribution in [3.8, 4) is 0 Å². The number of nitrogens with zero attached hydrogens (tertiary/aromatic N) is 3.